The summed E-state index contributed by atoms with van der Waals surface area (Å²) in [5.41, 5.74) is 0. The Morgan fingerprint density at radius 3 is 0.917 bits per heavy atom. The fourth-order valence-electron chi connectivity index (χ4n) is 7.31. The summed E-state index contributed by atoms with van der Waals surface area (Å²) in [4.78, 5) is 38.1. The fraction of sp³-hybridized carbons (Fsp3) is 0.591. The number of carbonyl (C=O) groups is 3. The number of allylic oxidation sites excluding steroid dienone is 24. The van der Waals surface area contributed by atoms with Crippen LogP contribution in [0.3, 0.4) is 0 Å². The predicted octanol–water partition coefficient (Wildman–Crippen LogP) is 19.6. The van der Waals surface area contributed by atoms with Crippen LogP contribution in [0.5, 0.6) is 0 Å². The lowest BCUT2D eigenvalue weighted by Crippen LogP contribution is -2.30. The number of carbonyl (C=O) groups excluding carboxylic acids is 3. The quantitative estimate of drug-likeness (QED) is 0.0261. The molecule has 0 aliphatic rings. The molecule has 0 aromatic carbocycles. The van der Waals surface area contributed by atoms with Crippen LogP contribution in [0, 0.1) is 0 Å². The van der Waals surface area contributed by atoms with Gasteiger partial charge < -0.3 is 14.2 Å². The van der Waals surface area contributed by atoms with Crippen LogP contribution in [0.4, 0.5) is 0 Å². The summed E-state index contributed by atoms with van der Waals surface area (Å²) in [5, 5.41) is 0. The number of ether oxygens (including phenoxy) is 3. The molecular formula is C66H104O6. The highest BCUT2D eigenvalue weighted by molar-refractivity contribution is 5.71. The van der Waals surface area contributed by atoms with Crippen molar-refractivity contribution in [1.29, 1.82) is 0 Å². The molecule has 1 unspecified atom stereocenters. The van der Waals surface area contributed by atoms with Crippen molar-refractivity contribution in [1.82, 2.24) is 0 Å². The van der Waals surface area contributed by atoms with Crippen LogP contribution in [-0.2, 0) is 28.6 Å². The minimum Gasteiger partial charge on any atom is -0.462 e. The molecule has 0 bridgehead atoms. The maximum absolute atomic E-state index is 12.8. The topological polar surface area (TPSA) is 78.9 Å². The molecule has 1 atom stereocenters. The molecule has 0 heterocycles. The van der Waals surface area contributed by atoms with E-state index in [1.165, 1.54) is 44.9 Å². The molecule has 0 spiro atoms. The Labute approximate surface area is 442 Å². The van der Waals surface area contributed by atoms with E-state index in [0.717, 1.165) is 141 Å². The van der Waals surface area contributed by atoms with Gasteiger partial charge in [0.1, 0.15) is 13.2 Å². The van der Waals surface area contributed by atoms with Crippen molar-refractivity contribution in [2.24, 2.45) is 0 Å². The van der Waals surface area contributed by atoms with E-state index in [2.05, 4.69) is 154 Å². The summed E-state index contributed by atoms with van der Waals surface area (Å²) in [5.74, 6) is -1.04. The smallest absolute Gasteiger partial charge is 0.306 e. The highest BCUT2D eigenvalue weighted by Crippen LogP contribution is 2.13. The highest BCUT2D eigenvalue weighted by Gasteiger charge is 2.19. The second-order valence-electron chi connectivity index (χ2n) is 18.4. The average molecular weight is 994 g/mol. The van der Waals surface area contributed by atoms with Gasteiger partial charge in [-0.25, -0.2) is 0 Å². The molecule has 72 heavy (non-hydrogen) atoms. The molecule has 0 saturated heterocycles. The van der Waals surface area contributed by atoms with Crippen LogP contribution in [-0.4, -0.2) is 37.2 Å². The summed E-state index contributed by atoms with van der Waals surface area (Å²) in [6.07, 6.45) is 84.2. The first-order chi connectivity index (χ1) is 35.5. The predicted molar refractivity (Wildman–Crippen MR) is 311 cm³/mol. The van der Waals surface area contributed by atoms with Crippen LogP contribution in [0.15, 0.2) is 146 Å². The molecule has 0 N–H and O–H groups in total. The molecule has 0 radical (unpaired) electrons. The maximum atomic E-state index is 12.8. The third-order valence-corrected chi connectivity index (χ3v) is 11.6. The Hall–Kier alpha value is -4.71. The average Bonchev–Trinajstić information content (AvgIpc) is 3.38. The van der Waals surface area contributed by atoms with Crippen molar-refractivity contribution in [3.63, 3.8) is 0 Å². The van der Waals surface area contributed by atoms with E-state index < -0.39 is 12.1 Å². The van der Waals surface area contributed by atoms with E-state index in [4.69, 9.17) is 14.2 Å². The minimum absolute atomic E-state index is 0.124. The molecule has 0 fully saturated rings. The molecule has 0 aliphatic carbocycles. The Balaban J connectivity index is 4.57. The summed E-state index contributed by atoms with van der Waals surface area (Å²) in [6, 6.07) is 0. The SMILES string of the molecule is CC/C=C\C/C=C\C/C=C\C/C=C\C/C=C\C/C=C\CCC(=O)OC(COC(=O)CCCCCCC/C=C\C/C=C\C/C=C\C/C=C\C/C=C\CC)COC(=O)CCCCCCC/C=C\CCCCCCC. The summed E-state index contributed by atoms with van der Waals surface area (Å²) < 4.78 is 16.8. The third kappa shape index (κ3) is 56.2. The van der Waals surface area contributed by atoms with Crippen LogP contribution in [0.25, 0.3) is 0 Å². The van der Waals surface area contributed by atoms with Crippen LogP contribution in [0.2, 0.25) is 0 Å². The van der Waals surface area contributed by atoms with Gasteiger partial charge in [0.2, 0.25) is 0 Å². The van der Waals surface area contributed by atoms with E-state index in [1.807, 2.05) is 12.2 Å². The standard InChI is InChI=1S/C66H104O6/c1-4-7-10-13-16-19-22-25-28-30-32-33-35-36-38-41-44-47-50-53-56-59-65(68)71-62-63(61-70-64(67)58-55-52-49-46-43-40-27-24-21-18-15-12-9-6-3)72-66(69)60-57-54-51-48-45-42-39-37-34-31-29-26-23-20-17-14-11-8-5-2/h7-8,10-11,16-17,19-20,24-29,32-34,36-38,42,45,51,54,63H,4-6,9,12-15,18,21-23,30-31,35,39-41,43-44,46-50,52-53,55-62H2,1-3H3/b10-7-,11-8-,19-16-,20-17-,27-24-,28-25-,29-26-,33-32-,37-34-,38-36-,45-42-,54-51-. The number of rotatable bonds is 50. The zero-order valence-corrected chi connectivity index (χ0v) is 46.1. The Morgan fingerprint density at radius 2 is 0.569 bits per heavy atom. The van der Waals surface area contributed by atoms with E-state index in [1.54, 1.807) is 0 Å². The molecule has 0 saturated carbocycles. The molecule has 0 aromatic rings. The maximum Gasteiger partial charge on any atom is 0.306 e. The van der Waals surface area contributed by atoms with Gasteiger partial charge in [0.15, 0.2) is 6.10 Å². The van der Waals surface area contributed by atoms with Crippen molar-refractivity contribution in [3.05, 3.63) is 146 Å². The van der Waals surface area contributed by atoms with E-state index in [-0.39, 0.29) is 31.6 Å². The normalized spacial score (nSPS) is 13.2. The van der Waals surface area contributed by atoms with Crippen molar-refractivity contribution < 1.29 is 28.6 Å². The highest BCUT2D eigenvalue weighted by atomic mass is 16.6. The van der Waals surface area contributed by atoms with Gasteiger partial charge in [-0.15, -0.1) is 0 Å². The van der Waals surface area contributed by atoms with Gasteiger partial charge in [-0.3, -0.25) is 14.4 Å². The van der Waals surface area contributed by atoms with Gasteiger partial charge >= 0.3 is 17.9 Å². The van der Waals surface area contributed by atoms with E-state index >= 15 is 0 Å². The molecule has 0 amide bonds. The van der Waals surface area contributed by atoms with Gasteiger partial charge in [0, 0.05) is 19.3 Å². The zero-order valence-electron chi connectivity index (χ0n) is 46.1. The zero-order chi connectivity index (χ0) is 52.2. The summed E-state index contributed by atoms with van der Waals surface area (Å²) in [7, 11) is 0. The lowest BCUT2D eigenvalue weighted by molar-refractivity contribution is -0.166. The van der Waals surface area contributed by atoms with Crippen molar-refractivity contribution >= 4 is 17.9 Å². The first-order valence-corrected chi connectivity index (χ1v) is 28.8. The van der Waals surface area contributed by atoms with E-state index in [0.29, 0.717) is 19.3 Å². The second kappa shape index (κ2) is 58.9. The largest absolute Gasteiger partial charge is 0.462 e. The fourth-order valence-corrected chi connectivity index (χ4v) is 7.31. The van der Waals surface area contributed by atoms with Crippen LogP contribution in [0.1, 0.15) is 233 Å². The second-order valence-corrected chi connectivity index (χ2v) is 18.4. The first-order valence-electron chi connectivity index (χ1n) is 28.8. The van der Waals surface area contributed by atoms with Crippen LogP contribution < -0.4 is 0 Å². The molecule has 404 valence electrons. The summed E-state index contributed by atoms with van der Waals surface area (Å²) >= 11 is 0. The van der Waals surface area contributed by atoms with Crippen molar-refractivity contribution in [2.75, 3.05) is 13.2 Å². The minimum atomic E-state index is -0.837. The van der Waals surface area contributed by atoms with Gasteiger partial charge in [0.25, 0.3) is 0 Å². The molecule has 0 aliphatic heterocycles. The van der Waals surface area contributed by atoms with Crippen molar-refractivity contribution in [3.8, 4) is 0 Å². The Kier molecular flexibility index (Phi) is 55.0. The number of hydrogen-bond donors (Lipinski definition) is 0. The molecule has 6 nitrogen and oxygen atoms in total. The molecule has 0 aromatic heterocycles. The van der Waals surface area contributed by atoms with Gasteiger partial charge in [-0.05, 0) is 128 Å². The molecular weight excluding hydrogens is 889 g/mol. The first kappa shape index (κ1) is 67.3. The Bertz CT molecular complexity index is 1610. The monoisotopic (exact) mass is 993 g/mol. The van der Waals surface area contributed by atoms with Gasteiger partial charge in [0.05, 0.1) is 0 Å². The van der Waals surface area contributed by atoms with Crippen molar-refractivity contribution in [2.45, 2.75) is 239 Å². The number of unbranched alkanes of at least 4 members (excludes halogenated alkanes) is 15. The number of hydrogen-bond acceptors (Lipinski definition) is 6. The van der Waals surface area contributed by atoms with Crippen LogP contribution >= 0.6 is 0 Å². The van der Waals surface area contributed by atoms with E-state index in [9.17, 15) is 14.4 Å². The van der Waals surface area contributed by atoms with Gasteiger partial charge in [-0.2, -0.15) is 0 Å². The lowest BCUT2D eigenvalue weighted by atomic mass is 10.1. The lowest BCUT2D eigenvalue weighted by Gasteiger charge is -2.18. The molecule has 0 rings (SSSR count). The van der Waals surface area contributed by atoms with Gasteiger partial charge in [-0.1, -0.05) is 231 Å². The third-order valence-electron chi connectivity index (χ3n) is 11.6. The Morgan fingerprint density at radius 1 is 0.292 bits per heavy atom. The summed E-state index contributed by atoms with van der Waals surface area (Å²) in [6.45, 7) is 6.30. The molecule has 6 heteroatoms. The number of esters is 3.